The molecule has 1 saturated heterocycles. The number of piperidine rings is 1. The Kier molecular flexibility index (Phi) is 6.00. The third-order valence-electron chi connectivity index (χ3n) is 4.67. The zero-order valence-corrected chi connectivity index (χ0v) is 15.8. The molecule has 1 heterocycles. The maximum absolute atomic E-state index is 12.4. The summed E-state index contributed by atoms with van der Waals surface area (Å²) in [6, 6.07) is 12.8. The number of nitrogens with one attached hydrogen (secondary N) is 1. The molecule has 0 unspecified atom stereocenters. The molecule has 5 heteroatoms. The molecule has 0 saturated carbocycles. The average Bonchev–Trinajstić information content (AvgIpc) is 2.60. The number of rotatable bonds is 4. The first-order valence-electron chi connectivity index (χ1n) is 8.59. The Balaban J connectivity index is 1.60. The molecule has 0 spiro atoms. The van der Waals surface area contributed by atoms with Crippen LogP contribution < -0.4 is 5.32 Å². The number of likely N-dealkylation sites (tertiary alicyclic amines) is 1. The summed E-state index contributed by atoms with van der Waals surface area (Å²) in [6.07, 6.45) is 2.54. The predicted octanol–water partition coefficient (Wildman–Crippen LogP) is 5.48. The van der Waals surface area contributed by atoms with Gasteiger partial charge in [0.1, 0.15) is 0 Å². The fraction of sp³-hybridized carbons (Fsp3) is 0.350. The third-order valence-corrected chi connectivity index (χ3v) is 5.23. The fourth-order valence-electron chi connectivity index (χ4n) is 3.04. The second kappa shape index (κ2) is 8.22. The summed E-state index contributed by atoms with van der Waals surface area (Å²) >= 11 is 12.0. The van der Waals surface area contributed by atoms with Crippen LogP contribution in [0.3, 0.4) is 0 Å². The summed E-state index contributed by atoms with van der Waals surface area (Å²) in [5.74, 6) is 0.581. The van der Waals surface area contributed by atoms with Crippen LogP contribution in [0.25, 0.3) is 0 Å². The smallest absolute Gasteiger partial charge is 0.257 e. The van der Waals surface area contributed by atoms with Crippen molar-refractivity contribution in [3.63, 3.8) is 0 Å². The number of carbonyl (C=O) groups excluding carboxylic acids is 1. The molecule has 3 nitrogen and oxygen atoms in total. The van der Waals surface area contributed by atoms with E-state index in [-0.39, 0.29) is 5.91 Å². The van der Waals surface area contributed by atoms with Crippen LogP contribution in [0.5, 0.6) is 0 Å². The lowest BCUT2D eigenvalue weighted by Gasteiger charge is -2.30. The highest BCUT2D eigenvalue weighted by molar-refractivity contribution is 6.36. The van der Waals surface area contributed by atoms with Crippen LogP contribution in [-0.2, 0) is 6.54 Å². The van der Waals surface area contributed by atoms with Crippen LogP contribution in [0.2, 0.25) is 10.0 Å². The minimum absolute atomic E-state index is 0.259. The van der Waals surface area contributed by atoms with Gasteiger partial charge in [-0.3, -0.25) is 9.69 Å². The van der Waals surface area contributed by atoms with Gasteiger partial charge in [0.2, 0.25) is 0 Å². The van der Waals surface area contributed by atoms with Crippen molar-refractivity contribution in [2.24, 2.45) is 5.92 Å². The van der Waals surface area contributed by atoms with Crippen LogP contribution in [0, 0.1) is 5.92 Å². The molecule has 0 bridgehead atoms. The van der Waals surface area contributed by atoms with E-state index in [0.717, 1.165) is 31.2 Å². The Morgan fingerprint density at radius 2 is 1.80 bits per heavy atom. The molecule has 25 heavy (non-hydrogen) atoms. The second-order valence-electron chi connectivity index (χ2n) is 6.73. The maximum atomic E-state index is 12.4. The van der Waals surface area contributed by atoms with Crippen LogP contribution in [0.15, 0.2) is 42.5 Å². The number of hydrogen-bond acceptors (Lipinski definition) is 2. The second-order valence-corrected chi connectivity index (χ2v) is 7.58. The Hall–Kier alpha value is -1.55. The van der Waals surface area contributed by atoms with Crippen LogP contribution >= 0.6 is 23.2 Å². The molecule has 2 aromatic rings. The van der Waals surface area contributed by atoms with Gasteiger partial charge >= 0.3 is 0 Å². The number of carbonyl (C=O) groups is 1. The van der Waals surface area contributed by atoms with Gasteiger partial charge in [-0.15, -0.1) is 0 Å². The molecule has 132 valence electrons. The molecule has 0 aliphatic carbocycles. The van der Waals surface area contributed by atoms with Crippen molar-refractivity contribution < 1.29 is 4.79 Å². The largest absolute Gasteiger partial charge is 0.322 e. The average molecular weight is 377 g/mol. The number of amides is 1. The lowest BCUT2D eigenvalue weighted by Crippen LogP contribution is -2.32. The van der Waals surface area contributed by atoms with E-state index in [1.807, 2.05) is 12.1 Å². The maximum Gasteiger partial charge on any atom is 0.257 e. The first-order valence-corrected chi connectivity index (χ1v) is 9.34. The molecular weight excluding hydrogens is 355 g/mol. The molecule has 2 aromatic carbocycles. The summed E-state index contributed by atoms with van der Waals surface area (Å²) in [7, 11) is 0. The van der Waals surface area contributed by atoms with E-state index in [9.17, 15) is 4.79 Å². The minimum Gasteiger partial charge on any atom is -0.322 e. The predicted molar refractivity (Wildman–Crippen MR) is 105 cm³/mol. The molecule has 1 aliphatic rings. The van der Waals surface area contributed by atoms with Gasteiger partial charge in [-0.25, -0.2) is 0 Å². The molecule has 1 fully saturated rings. The number of benzene rings is 2. The molecule has 0 atom stereocenters. The number of hydrogen-bond donors (Lipinski definition) is 1. The Bertz CT molecular complexity index is 738. The molecule has 0 aromatic heterocycles. The van der Waals surface area contributed by atoms with Gasteiger partial charge < -0.3 is 5.32 Å². The fourth-order valence-corrected chi connectivity index (χ4v) is 3.42. The Labute approximate surface area is 158 Å². The highest BCUT2D eigenvalue weighted by atomic mass is 35.5. The number of halogens is 2. The van der Waals surface area contributed by atoms with E-state index in [0.29, 0.717) is 15.6 Å². The van der Waals surface area contributed by atoms with Gasteiger partial charge in [0.05, 0.1) is 10.6 Å². The highest BCUT2D eigenvalue weighted by Gasteiger charge is 2.16. The van der Waals surface area contributed by atoms with Crippen molar-refractivity contribution in [3.05, 3.63) is 63.6 Å². The van der Waals surface area contributed by atoms with Crippen molar-refractivity contribution in [2.45, 2.75) is 26.3 Å². The SMILES string of the molecule is CC1CCN(Cc2ccc(NC(=O)c3cc(Cl)ccc3Cl)cc2)CC1. The first-order chi connectivity index (χ1) is 12.0. The van der Waals surface area contributed by atoms with Crippen molar-refractivity contribution in [3.8, 4) is 0 Å². The van der Waals surface area contributed by atoms with Crippen molar-refractivity contribution in [2.75, 3.05) is 18.4 Å². The van der Waals surface area contributed by atoms with Gasteiger partial charge in [-0.05, 0) is 67.7 Å². The monoisotopic (exact) mass is 376 g/mol. The quantitative estimate of drug-likeness (QED) is 0.766. The van der Waals surface area contributed by atoms with Crippen molar-refractivity contribution in [1.82, 2.24) is 4.90 Å². The Morgan fingerprint density at radius 3 is 2.48 bits per heavy atom. The van der Waals surface area contributed by atoms with E-state index in [1.165, 1.54) is 18.4 Å². The Morgan fingerprint density at radius 1 is 1.12 bits per heavy atom. The first kappa shape index (κ1) is 18.2. The summed E-state index contributed by atoms with van der Waals surface area (Å²) in [5, 5.41) is 3.74. The van der Waals surface area contributed by atoms with Gasteiger partial charge in [-0.2, -0.15) is 0 Å². The zero-order valence-electron chi connectivity index (χ0n) is 14.3. The number of anilines is 1. The lowest BCUT2D eigenvalue weighted by atomic mass is 9.99. The minimum atomic E-state index is -0.259. The summed E-state index contributed by atoms with van der Waals surface area (Å²) < 4.78 is 0. The normalized spacial score (nSPS) is 16.0. The topological polar surface area (TPSA) is 32.3 Å². The van der Waals surface area contributed by atoms with Gasteiger partial charge in [0.15, 0.2) is 0 Å². The van der Waals surface area contributed by atoms with Crippen LogP contribution in [0.1, 0.15) is 35.7 Å². The third kappa shape index (κ3) is 4.97. The standard InChI is InChI=1S/C20H22Cl2N2O/c1-14-8-10-24(11-9-14)13-15-2-5-17(6-3-15)23-20(25)18-12-16(21)4-7-19(18)22/h2-7,12,14H,8-11,13H2,1H3,(H,23,25). The van der Waals surface area contributed by atoms with E-state index in [1.54, 1.807) is 18.2 Å². The van der Waals surface area contributed by atoms with E-state index in [2.05, 4.69) is 29.3 Å². The molecule has 3 rings (SSSR count). The van der Waals surface area contributed by atoms with E-state index < -0.39 is 0 Å². The summed E-state index contributed by atoms with van der Waals surface area (Å²) in [4.78, 5) is 14.8. The van der Waals surface area contributed by atoms with Gasteiger partial charge in [0, 0.05) is 17.3 Å². The van der Waals surface area contributed by atoms with Crippen LogP contribution in [0.4, 0.5) is 5.69 Å². The van der Waals surface area contributed by atoms with E-state index in [4.69, 9.17) is 23.2 Å². The van der Waals surface area contributed by atoms with Crippen molar-refractivity contribution >= 4 is 34.8 Å². The molecule has 1 amide bonds. The summed E-state index contributed by atoms with van der Waals surface area (Å²) in [5.41, 5.74) is 2.38. The van der Waals surface area contributed by atoms with Gasteiger partial charge in [-0.1, -0.05) is 42.3 Å². The van der Waals surface area contributed by atoms with Gasteiger partial charge in [0.25, 0.3) is 5.91 Å². The molecule has 1 aliphatic heterocycles. The molecule has 0 radical (unpaired) electrons. The molecular formula is C20H22Cl2N2O. The lowest BCUT2D eigenvalue weighted by molar-refractivity contribution is 0.102. The number of nitrogens with zero attached hydrogens (tertiary/aromatic N) is 1. The highest BCUT2D eigenvalue weighted by Crippen LogP contribution is 2.23. The molecule has 1 N–H and O–H groups in total. The zero-order chi connectivity index (χ0) is 17.8. The van der Waals surface area contributed by atoms with Crippen LogP contribution in [-0.4, -0.2) is 23.9 Å². The van der Waals surface area contributed by atoms with Crippen molar-refractivity contribution in [1.29, 1.82) is 0 Å². The summed E-state index contributed by atoms with van der Waals surface area (Å²) in [6.45, 7) is 5.60. The van der Waals surface area contributed by atoms with E-state index >= 15 is 0 Å².